The van der Waals surface area contributed by atoms with Gasteiger partial charge >= 0.3 is 0 Å². The highest BCUT2D eigenvalue weighted by Crippen LogP contribution is 2.36. The highest BCUT2D eigenvalue weighted by molar-refractivity contribution is 5.48. The largest absolute Gasteiger partial charge is 0.364 e. The van der Waals surface area contributed by atoms with E-state index in [0.717, 1.165) is 36.6 Å². The first-order valence-corrected chi connectivity index (χ1v) is 7.92. The van der Waals surface area contributed by atoms with Gasteiger partial charge in [0.2, 0.25) is 6.41 Å². The monoisotopic (exact) mass is 314 g/mol. The molecule has 7 heteroatoms. The molecule has 4 atom stereocenters. The number of amides is 1. The fourth-order valence-electron chi connectivity index (χ4n) is 3.45. The number of hydrogen-bond donors (Lipinski definition) is 3. The van der Waals surface area contributed by atoms with Crippen molar-refractivity contribution >= 4 is 12.2 Å². The van der Waals surface area contributed by atoms with Crippen LogP contribution in [0.2, 0.25) is 0 Å². The third-order valence-electron chi connectivity index (χ3n) is 4.40. The number of aromatic nitrogens is 4. The fraction of sp³-hybridized carbons (Fsp3) is 0.500. The van der Waals surface area contributed by atoms with Crippen molar-refractivity contribution in [1.82, 2.24) is 25.5 Å². The first-order chi connectivity index (χ1) is 11.2. The lowest BCUT2D eigenvalue weighted by Gasteiger charge is -2.40. The molecule has 0 aromatic carbocycles. The molecular formula is C16H22N6O. The first kappa shape index (κ1) is 15.5. The Balaban J connectivity index is 1.85. The van der Waals surface area contributed by atoms with Gasteiger partial charge in [0.15, 0.2) is 0 Å². The molecular weight excluding hydrogens is 292 g/mol. The van der Waals surface area contributed by atoms with Gasteiger partial charge < -0.3 is 10.6 Å². The van der Waals surface area contributed by atoms with Crippen LogP contribution in [0.5, 0.6) is 0 Å². The van der Waals surface area contributed by atoms with Crippen molar-refractivity contribution < 1.29 is 4.79 Å². The molecule has 2 heterocycles. The standard InChI is InChI=1S/C16H22N6O/c1-10-6-12(16-17-4-3-5-18-16)15(19-9-23)13(7-10)20-14-8-11(2)21-22-14/h3-5,8-10,12-13,15H,6-7H2,1-2H3,(H,19,23)(H2,20,21,22). The van der Waals surface area contributed by atoms with Gasteiger partial charge in [-0.3, -0.25) is 9.89 Å². The second-order valence-electron chi connectivity index (χ2n) is 6.29. The number of aryl methyl sites for hydroxylation is 1. The van der Waals surface area contributed by atoms with E-state index in [9.17, 15) is 4.79 Å². The normalized spacial score (nSPS) is 27.4. The predicted molar refractivity (Wildman–Crippen MR) is 86.9 cm³/mol. The molecule has 0 saturated heterocycles. The van der Waals surface area contributed by atoms with E-state index in [-0.39, 0.29) is 18.0 Å². The van der Waals surface area contributed by atoms with Gasteiger partial charge in [0, 0.05) is 36.1 Å². The molecule has 0 radical (unpaired) electrons. The van der Waals surface area contributed by atoms with Crippen molar-refractivity contribution in [3.63, 3.8) is 0 Å². The summed E-state index contributed by atoms with van der Waals surface area (Å²) in [5, 5.41) is 13.6. The van der Waals surface area contributed by atoms with Crippen molar-refractivity contribution in [2.24, 2.45) is 5.92 Å². The summed E-state index contributed by atoms with van der Waals surface area (Å²) in [5.41, 5.74) is 0.999. The summed E-state index contributed by atoms with van der Waals surface area (Å²) in [6.45, 7) is 4.18. The van der Waals surface area contributed by atoms with E-state index < -0.39 is 0 Å². The molecule has 23 heavy (non-hydrogen) atoms. The van der Waals surface area contributed by atoms with E-state index in [4.69, 9.17) is 0 Å². The van der Waals surface area contributed by atoms with Crippen LogP contribution in [-0.4, -0.2) is 38.7 Å². The Labute approximate surface area is 135 Å². The zero-order valence-electron chi connectivity index (χ0n) is 13.4. The van der Waals surface area contributed by atoms with Crippen LogP contribution in [0.4, 0.5) is 5.82 Å². The van der Waals surface area contributed by atoms with Crippen LogP contribution in [0.3, 0.4) is 0 Å². The predicted octanol–water partition coefficient (Wildman–Crippen LogP) is 1.62. The highest BCUT2D eigenvalue weighted by Gasteiger charge is 2.38. The lowest BCUT2D eigenvalue weighted by molar-refractivity contribution is -0.110. The SMILES string of the molecule is Cc1cc(NC2CC(C)CC(c3ncccn3)C2NC=O)n[nH]1. The van der Waals surface area contributed by atoms with E-state index in [1.54, 1.807) is 18.5 Å². The van der Waals surface area contributed by atoms with Gasteiger partial charge in [-0.1, -0.05) is 6.92 Å². The Morgan fingerprint density at radius 3 is 2.74 bits per heavy atom. The van der Waals surface area contributed by atoms with Crippen LogP contribution < -0.4 is 10.6 Å². The molecule has 3 rings (SSSR count). The summed E-state index contributed by atoms with van der Waals surface area (Å²) in [5.74, 6) is 2.17. The molecule has 0 aliphatic heterocycles. The molecule has 1 saturated carbocycles. The molecule has 122 valence electrons. The van der Waals surface area contributed by atoms with Crippen molar-refractivity contribution in [2.75, 3.05) is 5.32 Å². The molecule has 0 bridgehead atoms. The second kappa shape index (κ2) is 6.76. The quantitative estimate of drug-likeness (QED) is 0.729. The Hall–Kier alpha value is -2.44. The van der Waals surface area contributed by atoms with Crippen LogP contribution in [0.15, 0.2) is 24.5 Å². The third-order valence-corrected chi connectivity index (χ3v) is 4.40. The maximum atomic E-state index is 11.1. The lowest BCUT2D eigenvalue weighted by atomic mass is 9.75. The molecule has 1 aliphatic rings. The van der Waals surface area contributed by atoms with Gasteiger partial charge in [-0.2, -0.15) is 5.10 Å². The zero-order chi connectivity index (χ0) is 16.2. The molecule has 2 aromatic heterocycles. The molecule has 1 amide bonds. The molecule has 7 nitrogen and oxygen atoms in total. The first-order valence-electron chi connectivity index (χ1n) is 7.92. The molecule has 3 N–H and O–H groups in total. The molecule has 1 fully saturated rings. The number of H-pyrrole nitrogens is 1. The Bertz CT molecular complexity index is 643. The van der Waals surface area contributed by atoms with Crippen molar-refractivity contribution in [3.8, 4) is 0 Å². The van der Waals surface area contributed by atoms with E-state index in [2.05, 4.69) is 37.7 Å². The number of rotatable bonds is 5. The number of nitrogens with one attached hydrogen (secondary N) is 3. The number of aromatic amines is 1. The minimum atomic E-state index is -0.0666. The minimum Gasteiger partial charge on any atom is -0.364 e. The van der Waals surface area contributed by atoms with Gasteiger partial charge in [0.1, 0.15) is 11.6 Å². The molecule has 2 aromatic rings. The third kappa shape index (κ3) is 3.49. The summed E-state index contributed by atoms with van der Waals surface area (Å²) in [6.07, 6.45) is 6.17. The maximum absolute atomic E-state index is 11.1. The van der Waals surface area contributed by atoms with Crippen LogP contribution in [0.25, 0.3) is 0 Å². The Morgan fingerprint density at radius 2 is 2.09 bits per heavy atom. The number of carbonyl (C=O) groups excluding carboxylic acids is 1. The minimum absolute atomic E-state index is 0.0666. The van der Waals surface area contributed by atoms with Gasteiger partial charge in [-0.15, -0.1) is 0 Å². The Kier molecular flexibility index (Phi) is 4.55. The van der Waals surface area contributed by atoms with Gasteiger partial charge in [0.05, 0.1) is 6.04 Å². The van der Waals surface area contributed by atoms with Gasteiger partial charge in [-0.05, 0) is 31.7 Å². The van der Waals surface area contributed by atoms with Crippen molar-refractivity contribution in [1.29, 1.82) is 0 Å². The molecule has 4 unspecified atom stereocenters. The topological polar surface area (TPSA) is 95.6 Å². The number of carbonyl (C=O) groups is 1. The van der Waals surface area contributed by atoms with Crippen LogP contribution in [0.1, 0.15) is 37.2 Å². The van der Waals surface area contributed by atoms with E-state index in [1.165, 1.54) is 0 Å². The highest BCUT2D eigenvalue weighted by atomic mass is 16.1. The van der Waals surface area contributed by atoms with Crippen LogP contribution in [0, 0.1) is 12.8 Å². The maximum Gasteiger partial charge on any atom is 0.207 e. The number of hydrogen-bond acceptors (Lipinski definition) is 5. The summed E-state index contributed by atoms with van der Waals surface area (Å²) in [4.78, 5) is 19.9. The van der Waals surface area contributed by atoms with E-state index in [1.807, 2.05) is 13.0 Å². The lowest BCUT2D eigenvalue weighted by Crippen LogP contribution is -2.52. The van der Waals surface area contributed by atoms with Crippen LogP contribution >= 0.6 is 0 Å². The molecule has 1 aliphatic carbocycles. The fourth-order valence-corrected chi connectivity index (χ4v) is 3.45. The number of anilines is 1. The summed E-state index contributed by atoms with van der Waals surface area (Å²) < 4.78 is 0. The zero-order valence-corrected chi connectivity index (χ0v) is 13.4. The van der Waals surface area contributed by atoms with Crippen molar-refractivity contribution in [2.45, 2.75) is 44.7 Å². The van der Waals surface area contributed by atoms with Crippen molar-refractivity contribution in [3.05, 3.63) is 36.0 Å². The number of nitrogens with zero attached hydrogens (tertiary/aromatic N) is 3. The smallest absolute Gasteiger partial charge is 0.207 e. The average Bonchev–Trinajstić information content (AvgIpc) is 2.95. The van der Waals surface area contributed by atoms with E-state index in [0.29, 0.717) is 5.92 Å². The average molecular weight is 314 g/mol. The summed E-state index contributed by atoms with van der Waals surface area (Å²) >= 11 is 0. The summed E-state index contributed by atoms with van der Waals surface area (Å²) in [7, 11) is 0. The summed E-state index contributed by atoms with van der Waals surface area (Å²) in [6, 6.07) is 3.79. The Morgan fingerprint density at radius 1 is 1.30 bits per heavy atom. The van der Waals surface area contributed by atoms with Crippen LogP contribution in [-0.2, 0) is 4.79 Å². The van der Waals surface area contributed by atoms with E-state index >= 15 is 0 Å². The van der Waals surface area contributed by atoms with Gasteiger partial charge in [-0.25, -0.2) is 9.97 Å². The molecule has 0 spiro atoms. The van der Waals surface area contributed by atoms with Gasteiger partial charge in [0.25, 0.3) is 0 Å². The second-order valence-corrected chi connectivity index (χ2v) is 6.29.